The highest BCUT2D eigenvalue weighted by Gasteiger charge is 2.39. The molecule has 3 rings (SSSR count). The number of rotatable bonds is 5. The number of hydrogen-bond acceptors (Lipinski definition) is 6. The van der Waals surface area contributed by atoms with Gasteiger partial charge in [-0.3, -0.25) is 4.79 Å². The second-order valence-electron chi connectivity index (χ2n) is 6.71. The lowest BCUT2D eigenvalue weighted by atomic mass is 9.79. The minimum atomic E-state index is -0.630. The third-order valence-electron chi connectivity index (χ3n) is 4.91. The Bertz CT molecular complexity index is 793. The Morgan fingerprint density at radius 2 is 2.11 bits per heavy atom. The molecule has 1 atom stereocenters. The van der Waals surface area contributed by atoms with E-state index in [1.807, 2.05) is 0 Å². The standard InChI is InChI=1S/C18H23FN4O3.ClH/c1-11-3-4-13(9-14(11)19)15-22-16(26-23-15)12(2)21-17(24)18(10-20)5-7-25-8-6-18;/h3-4,9,12H,5-8,10,20H2,1-2H3,(H,21,24);1H. The summed E-state index contributed by atoms with van der Waals surface area (Å²) in [6, 6.07) is 4.26. The van der Waals surface area contributed by atoms with Gasteiger partial charge in [-0.1, -0.05) is 17.3 Å². The molecule has 27 heavy (non-hydrogen) atoms. The molecule has 7 nitrogen and oxygen atoms in total. The molecule has 2 heterocycles. The van der Waals surface area contributed by atoms with E-state index in [0.29, 0.717) is 37.2 Å². The van der Waals surface area contributed by atoms with E-state index >= 15 is 0 Å². The highest BCUT2D eigenvalue weighted by molar-refractivity contribution is 5.85. The first-order valence-corrected chi connectivity index (χ1v) is 8.64. The Kier molecular flexibility index (Phi) is 6.91. The van der Waals surface area contributed by atoms with Gasteiger partial charge in [-0.15, -0.1) is 12.4 Å². The molecule has 148 valence electrons. The van der Waals surface area contributed by atoms with E-state index in [1.54, 1.807) is 26.0 Å². The average molecular weight is 399 g/mol. The van der Waals surface area contributed by atoms with Crippen LogP contribution in [-0.2, 0) is 9.53 Å². The Hall–Kier alpha value is -2.03. The van der Waals surface area contributed by atoms with Crippen molar-refractivity contribution >= 4 is 18.3 Å². The molecule has 1 aromatic heterocycles. The first-order chi connectivity index (χ1) is 12.4. The molecule has 0 saturated carbocycles. The Morgan fingerprint density at radius 3 is 2.74 bits per heavy atom. The number of amides is 1. The maximum Gasteiger partial charge on any atom is 0.249 e. The van der Waals surface area contributed by atoms with E-state index in [1.165, 1.54) is 6.07 Å². The van der Waals surface area contributed by atoms with Gasteiger partial charge < -0.3 is 20.3 Å². The summed E-state index contributed by atoms with van der Waals surface area (Å²) in [5, 5.41) is 6.78. The van der Waals surface area contributed by atoms with Crippen molar-refractivity contribution in [2.75, 3.05) is 19.8 Å². The number of ether oxygens (including phenoxy) is 1. The fourth-order valence-corrected chi connectivity index (χ4v) is 2.96. The van der Waals surface area contributed by atoms with Crippen molar-refractivity contribution in [3.63, 3.8) is 0 Å². The number of aryl methyl sites for hydroxylation is 1. The second kappa shape index (κ2) is 8.77. The molecule has 1 aliphatic heterocycles. The number of carbonyl (C=O) groups excluding carboxylic acids is 1. The average Bonchev–Trinajstić information content (AvgIpc) is 3.14. The van der Waals surface area contributed by atoms with Gasteiger partial charge in [-0.05, 0) is 38.3 Å². The van der Waals surface area contributed by atoms with Gasteiger partial charge in [0.05, 0.1) is 5.41 Å². The van der Waals surface area contributed by atoms with Gasteiger partial charge in [0.1, 0.15) is 11.9 Å². The minimum absolute atomic E-state index is 0. The third kappa shape index (κ3) is 4.45. The zero-order valence-corrected chi connectivity index (χ0v) is 16.1. The normalized spacial score (nSPS) is 17.0. The summed E-state index contributed by atoms with van der Waals surface area (Å²) < 4.78 is 24.3. The van der Waals surface area contributed by atoms with Crippen LogP contribution in [0.5, 0.6) is 0 Å². The van der Waals surface area contributed by atoms with Crippen molar-refractivity contribution in [3.8, 4) is 11.4 Å². The maximum absolute atomic E-state index is 13.7. The fourth-order valence-electron chi connectivity index (χ4n) is 2.96. The summed E-state index contributed by atoms with van der Waals surface area (Å²) >= 11 is 0. The Labute approximate surface area is 163 Å². The van der Waals surface area contributed by atoms with Crippen molar-refractivity contribution in [1.29, 1.82) is 0 Å². The smallest absolute Gasteiger partial charge is 0.249 e. The molecular formula is C18H24ClFN4O3. The molecule has 9 heteroatoms. The first kappa shape index (κ1) is 21.3. The zero-order valence-electron chi connectivity index (χ0n) is 15.3. The SMILES string of the molecule is Cc1ccc(-c2noc(C(C)NC(=O)C3(CN)CCOCC3)n2)cc1F.Cl. The number of halogens is 2. The molecule has 0 radical (unpaired) electrons. The van der Waals surface area contributed by atoms with Crippen molar-refractivity contribution < 1.29 is 18.4 Å². The van der Waals surface area contributed by atoms with Crippen molar-refractivity contribution in [2.24, 2.45) is 11.1 Å². The summed E-state index contributed by atoms with van der Waals surface area (Å²) in [4.78, 5) is 17.0. The molecule has 1 saturated heterocycles. The third-order valence-corrected chi connectivity index (χ3v) is 4.91. The summed E-state index contributed by atoms with van der Waals surface area (Å²) in [5.74, 6) is 0.0599. The first-order valence-electron chi connectivity index (χ1n) is 8.64. The highest BCUT2D eigenvalue weighted by atomic mass is 35.5. The summed E-state index contributed by atoms with van der Waals surface area (Å²) in [6.07, 6.45) is 1.17. The fraction of sp³-hybridized carbons (Fsp3) is 0.500. The molecule has 2 aromatic rings. The Balaban J connectivity index is 0.00000261. The van der Waals surface area contributed by atoms with Gasteiger partial charge in [-0.2, -0.15) is 4.98 Å². The Morgan fingerprint density at radius 1 is 1.41 bits per heavy atom. The second-order valence-corrected chi connectivity index (χ2v) is 6.71. The number of aromatic nitrogens is 2. The van der Waals surface area contributed by atoms with Gasteiger partial charge in [0, 0.05) is 25.3 Å². The molecule has 0 spiro atoms. The summed E-state index contributed by atoms with van der Waals surface area (Å²) in [6.45, 7) is 4.73. The summed E-state index contributed by atoms with van der Waals surface area (Å²) in [5.41, 5.74) is 6.29. The predicted molar refractivity (Wildman–Crippen MR) is 99.8 cm³/mol. The monoisotopic (exact) mass is 398 g/mol. The molecule has 1 amide bonds. The maximum atomic E-state index is 13.7. The van der Waals surface area contributed by atoms with Gasteiger partial charge >= 0.3 is 0 Å². The molecule has 1 aromatic carbocycles. The topological polar surface area (TPSA) is 103 Å². The van der Waals surface area contributed by atoms with Crippen molar-refractivity contribution in [1.82, 2.24) is 15.5 Å². The van der Waals surface area contributed by atoms with Crippen LogP contribution in [-0.4, -0.2) is 35.8 Å². The van der Waals surface area contributed by atoms with E-state index in [4.69, 9.17) is 15.0 Å². The van der Waals surface area contributed by atoms with E-state index in [-0.39, 0.29) is 42.4 Å². The van der Waals surface area contributed by atoms with Crippen LogP contribution in [0.1, 0.15) is 37.3 Å². The predicted octanol–water partition coefficient (Wildman–Crippen LogP) is 2.54. The largest absolute Gasteiger partial charge is 0.381 e. The number of benzene rings is 1. The van der Waals surface area contributed by atoms with Crippen molar-refractivity contribution in [3.05, 3.63) is 35.5 Å². The van der Waals surface area contributed by atoms with E-state index < -0.39 is 11.5 Å². The lowest BCUT2D eigenvalue weighted by molar-refractivity contribution is -0.136. The lowest BCUT2D eigenvalue weighted by Crippen LogP contribution is -2.49. The van der Waals surface area contributed by atoms with Crippen LogP contribution in [0.4, 0.5) is 4.39 Å². The van der Waals surface area contributed by atoms with Gasteiger partial charge in [0.25, 0.3) is 0 Å². The highest BCUT2D eigenvalue weighted by Crippen LogP contribution is 2.30. The molecule has 0 bridgehead atoms. The number of nitrogens with zero attached hydrogens (tertiary/aromatic N) is 2. The van der Waals surface area contributed by atoms with Gasteiger partial charge in [-0.25, -0.2) is 4.39 Å². The number of carbonyl (C=O) groups is 1. The molecular weight excluding hydrogens is 375 g/mol. The van der Waals surface area contributed by atoms with Crippen LogP contribution >= 0.6 is 12.4 Å². The van der Waals surface area contributed by atoms with Crippen LogP contribution in [0.2, 0.25) is 0 Å². The molecule has 1 unspecified atom stereocenters. The van der Waals surface area contributed by atoms with Crippen LogP contribution < -0.4 is 11.1 Å². The number of hydrogen-bond donors (Lipinski definition) is 2. The quantitative estimate of drug-likeness (QED) is 0.802. The van der Waals surface area contributed by atoms with E-state index in [9.17, 15) is 9.18 Å². The number of nitrogens with one attached hydrogen (secondary N) is 1. The van der Waals surface area contributed by atoms with Crippen LogP contribution in [0.25, 0.3) is 11.4 Å². The van der Waals surface area contributed by atoms with Gasteiger partial charge in [0.2, 0.25) is 17.6 Å². The zero-order chi connectivity index (χ0) is 18.7. The molecule has 1 aliphatic rings. The minimum Gasteiger partial charge on any atom is -0.381 e. The molecule has 3 N–H and O–H groups in total. The lowest BCUT2D eigenvalue weighted by Gasteiger charge is -2.35. The van der Waals surface area contributed by atoms with Crippen LogP contribution in [0.3, 0.4) is 0 Å². The number of nitrogens with two attached hydrogens (primary N) is 1. The van der Waals surface area contributed by atoms with Gasteiger partial charge in [0.15, 0.2) is 0 Å². The van der Waals surface area contributed by atoms with Crippen molar-refractivity contribution in [2.45, 2.75) is 32.7 Å². The molecule has 0 aliphatic carbocycles. The molecule has 1 fully saturated rings. The van der Waals surface area contributed by atoms with E-state index in [0.717, 1.165) is 0 Å². The van der Waals surface area contributed by atoms with E-state index in [2.05, 4.69) is 15.5 Å². The van der Waals surface area contributed by atoms with Crippen LogP contribution in [0, 0.1) is 18.2 Å². The van der Waals surface area contributed by atoms with Crippen LogP contribution in [0.15, 0.2) is 22.7 Å². The summed E-state index contributed by atoms with van der Waals surface area (Å²) in [7, 11) is 0.